The second kappa shape index (κ2) is 18.6. The summed E-state index contributed by atoms with van der Waals surface area (Å²) in [6, 6.07) is 7.63. The van der Waals surface area contributed by atoms with Crippen LogP contribution in [0.4, 0.5) is 4.79 Å². The molecule has 3 amide bonds. The number of rotatable bonds is 9. The Morgan fingerprint density at radius 2 is 1.97 bits per heavy atom. The van der Waals surface area contributed by atoms with Gasteiger partial charge in [-0.15, -0.1) is 11.3 Å². The number of pyridine rings is 1. The summed E-state index contributed by atoms with van der Waals surface area (Å²) in [5.41, 5.74) is 9.29. The van der Waals surface area contributed by atoms with Gasteiger partial charge in [-0.25, -0.2) is 15.2 Å². The summed E-state index contributed by atoms with van der Waals surface area (Å²) in [6.07, 6.45) is 2.79. The minimum atomic E-state index is -1.07. The van der Waals surface area contributed by atoms with Crippen molar-refractivity contribution < 1.29 is 38.1 Å². The van der Waals surface area contributed by atoms with E-state index in [4.69, 9.17) is 28.9 Å². The van der Waals surface area contributed by atoms with Crippen molar-refractivity contribution in [1.29, 1.82) is 0 Å². The van der Waals surface area contributed by atoms with E-state index in [2.05, 4.69) is 60.3 Å². The number of likely N-dealkylation sites (N-methyl/N-ethyl adjacent to an activating group) is 1. The number of fused-ring (bicyclic) bond motifs is 6. The van der Waals surface area contributed by atoms with E-state index in [1.807, 2.05) is 32.2 Å². The number of carbonyl (C=O) groups excluding carboxylic acids is 4. The zero-order valence-corrected chi connectivity index (χ0v) is 37.3. The maximum absolute atomic E-state index is 14.5. The molecule has 0 saturated carbocycles. The molecule has 7 rings (SSSR count). The molecule has 5 atom stereocenters. The number of benzene rings is 1. The van der Waals surface area contributed by atoms with Crippen molar-refractivity contribution in [2.24, 2.45) is 11.3 Å². The van der Waals surface area contributed by atoms with Gasteiger partial charge in [0.15, 0.2) is 0 Å². The smallest absolute Gasteiger partial charge is 0.410 e. The third kappa shape index (κ3) is 9.47. The number of nitrogens with one attached hydrogen (secondary N) is 2. The first kappa shape index (κ1) is 44.2. The van der Waals surface area contributed by atoms with Crippen LogP contribution in [0.2, 0.25) is 0 Å². The van der Waals surface area contributed by atoms with E-state index in [-0.39, 0.29) is 31.2 Å². The van der Waals surface area contributed by atoms with Crippen molar-refractivity contribution in [2.75, 3.05) is 40.5 Å². The van der Waals surface area contributed by atoms with Gasteiger partial charge in [-0.05, 0) is 68.9 Å². The molecule has 2 N–H and O–H groups in total. The number of aromatic nitrogens is 3. The molecule has 1 aromatic carbocycles. The maximum Gasteiger partial charge on any atom is 0.410 e. The third-order valence-electron chi connectivity index (χ3n) is 11.9. The number of nitrogens with zero attached hydrogens (tertiary/aromatic N) is 5. The Bertz CT molecular complexity index is 2250. The minimum absolute atomic E-state index is 0.0838. The zero-order valence-electron chi connectivity index (χ0n) is 36.5. The van der Waals surface area contributed by atoms with Crippen LogP contribution in [0.15, 0.2) is 41.9 Å². The average Bonchev–Trinajstić information content (AvgIpc) is 4.01. The molecule has 3 aromatic heterocycles. The van der Waals surface area contributed by atoms with Gasteiger partial charge in [0.2, 0.25) is 5.91 Å². The lowest BCUT2D eigenvalue weighted by Crippen LogP contribution is -2.62. The summed E-state index contributed by atoms with van der Waals surface area (Å²) in [5.74, 6) is -1.69. The SMILES string of the molecule is CCn1c(-c2cccnc2[C@H](C)OC)c2c3cc(ccc31)-c1csc(n1)C[C@H](NC(=O)[C@H](C(C)C)N(C)C(=O)O[C@H]1CCOC1)C(=O)N1CCC[C@H](N1)C(=O)OCC(C)(C)C2. The van der Waals surface area contributed by atoms with E-state index in [0.717, 1.165) is 44.7 Å². The second-order valence-corrected chi connectivity index (χ2v) is 18.4. The number of esters is 1. The first-order valence-electron chi connectivity index (χ1n) is 21.3. The number of hydrogen-bond acceptors (Lipinski definition) is 12. The quantitative estimate of drug-likeness (QED) is 0.187. The third-order valence-corrected chi connectivity index (χ3v) is 12.8. The largest absolute Gasteiger partial charge is 0.464 e. The number of amides is 3. The number of methoxy groups -OCH3 is 1. The summed E-state index contributed by atoms with van der Waals surface area (Å²) in [5, 5.41) is 8.06. The predicted octanol–water partition coefficient (Wildman–Crippen LogP) is 6.08. The van der Waals surface area contributed by atoms with Crippen LogP contribution in [0.5, 0.6) is 0 Å². The van der Waals surface area contributed by atoms with Crippen molar-refractivity contribution in [3.63, 3.8) is 0 Å². The Hall–Kier alpha value is -4.90. The molecule has 0 aliphatic carbocycles. The minimum Gasteiger partial charge on any atom is -0.464 e. The number of hydrogen-bond donors (Lipinski definition) is 2. The number of ether oxygens (including phenoxy) is 4. The first-order chi connectivity index (χ1) is 29.2. The molecule has 15 nitrogen and oxygen atoms in total. The molecule has 0 spiro atoms. The van der Waals surface area contributed by atoms with E-state index in [0.29, 0.717) is 57.0 Å². The molecule has 328 valence electrons. The monoisotopic (exact) mass is 857 g/mol. The number of thiazole rings is 1. The van der Waals surface area contributed by atoms with E-state index in [1.54, 1.807) is 13.3 Å². The van der Waals surface area contributed by atoms with Crippen LogP contribution >= 0.6 is 11.3 Å². The van der Waals surface area contributed by atoms with Gasteiger partial charge in [0.05, 0.1) is 48.0 Å². The first-order valence-corrected chi connectivity index (χ1v) is 22.2. The zero-order chi connectivity index (χ0) is 43.6. The molecule has 3 aliphatic heterocycles. The van der Waals surface area contributed by atoms with Crippen molar-refractivity contribution >= 4 is 46.1 Å². The number of cyclic esters (lactones) is 1. The molecule has 0 unspecified atom stereocenters. The number of hydrazine groups is 1. The Morgan fingerprint density at radius 1 is 1.16 bits per heavy atom. The Kier molecular flexibility index (Phi) is 13.5. The fourth-order valence-corrected chi connectivity index (χ4v) is 9.54. The van der Waals surface area contributed by atoms with Gasteiger partial charge in [-0.2, -0.15) is 0 Å². The normalized spacial score (nSPS) is 21.8. The highest BCUT2D eigenvalue weighted by Crippen LogP contribution is 2.42. The molecule has 6 heterocycles. The van der Waals surface area contributed by atoms with E-state index >= 15 is 0 Å². The Labute approximate surface area is 361 Å². The summed E-state index contributed by atoms with van der Waals surface area (Å²) in [6.45, 7) is 14.0. The lowest BCUT2D eigenvalue weighted by Gasteiger charge is -2.36. The number of carbonyl (C=O) groups is 4. The molecule has 2 fully saturated rings. The lowest BCUT2D eigenvalue weighted by molar-refractivity contribution is -0.155. The van der Waals surface area contributed by atoms with Crippen LogP contribution in [-0.2, 0) is 52.7 Å². The molecule has 0 radical (unpaired) electrons. The van der Waals surface area contributed by atoms with Crippen molar-refractivity contribution in [2.45, 2.75) is 111 Å². The Morgan fingerprint density at radius 3 is 2.69 bits per heavy atom. The van der Waals surface area contributed by atoms with Crippen LogP contribution in [0, 0.1) is 11.3 Å². The average molecular weight is 858 g/mol. The standard InChI is InChI=1S/C45H59N7O8S/c1-9-51-36-15-14-28-20-31(36)32(40(51)30-12-10-17-46-38(30)27(4)57-8)22-45(5,6)25-59-43(55)33-13-11-18-52(49-33)42(54)34(21-37-47-35(28)24-61-37)48-41(53)39(26(2)3)50(7)44(56)60-29-16-19-58-23-29/h10,12,14-15,17,20,24,26-27,29,33-34,39,49H,9,11,13,16,18-19,21-23,25H2,1-8H3,(H,48,53)/t27-,29-,33-,34-,39-/m0/s1. The fourth-order valence-electron chi connectivity index (χ4n) is 8.69. The van der Waals surface area contributed by atoms with Crippen LogP contribution in [0.3, 0.4) is 0 Å². The van der Waals surface area contributed by atoms with Crippen molar-refractivity contribution in [3.05, 3.63) is 58.2 Å². The summed E-state index contributed by atoms with van der Waals surface area (Å²) in [4.78, 5) is 66.9. The van der Waals surface area contributed by atoms with Crippen molar-refractivity contribution in [3.8, 4) is 22.5 Å². The molecule has 61 heavy (non-hydrogen) atoms. The molecular formula is C45H59N7O8S. The molecule has 2 saturated heterocycles. The van der Waals surface area contributed by atoms with E-state index in [1.165, 1.54) is 28.3 Å². The van der Waals surface area contributed by atoms with Crippen LogP contribution < -0.4 is 10.7 Å². The molecule has 16 heteroatoms. The summed E-state index contributed by atoms with van der Waals surface area (Å²) < 4.78 is 25.2. The second-order valence-electron chi connectivity index (χ2n) is 17.4. The van der Waals surface area contributed by atoms with Gasteiger partial charge < -0.3 is 28.8 Å². The predicted molar refractivity (Wildman–Crippen MR) is 231 cm³/mol. The topological polar surface area (TPSA) is 166 Å². The van der Waals surface area contributed by atoms with Gasteiger partial charge in [0, 0.05) is 79.1 Å². The molecule has 4 aromatic rings. The van der Waals surface area contributed by atoms with Gasteiger partial charge >= 0.3 is 12.1 Å². The summed E-state index contributed by atoms with van der Waals surface area (Å²) in [7, 11) is 3.21. The van der Waals surface area contributed by atoms with Gasteiger partial charge in [0.25, 0.3) is 5.91 Å². The Balaban J connectivity index is 1.29. The molecule has 3 aliphatic rings. The summed E-state index contributed by atoms with van der Waals surface area (Å²) >= 11 is 1.41. The fraction of sp³-hybridized carbons (Fsp3) is 0.556. The van der Waals surface area contributed by atoms with Crippen LogP contribution in [-0.4, -0.2) is 113 Å². The van der Waals surface area contributed by atoms with Gasteiger partial charge in [-0.3, -0.25) is 29.3 Å². The maximum atomic E-state index is 14.5. The van der Waals surface area contributed by atoms with Crippen LogP contribution in [0.1, 0.15) is 83.2 Å². The van der Waals surface area contributed by atoms with E-state index in [9.17, 15) is 19.2 Å². The lowest BCUT2D eigenvalue weighted by atomic mass is 9.84. The van der Waals surface area contributed by atoms with Gasteiger partial charge in [0.1, 0.15) is 24.2 Å². The van der Waals surface area contributed by atoms with E-state index < -0.39 is 47.4 Å². The highest BCUT2D eigenvalue weighted by Gasteiger charge is 2.39. The number of aryl methyl sites for hydroxylation is 1. The van der Waals surface area contributed by atoms with Crippen molar-refractivity contribution in [1.82, 2.24) is 35.2 Å². The van der Waals surface area contributed by atoms with Gasteiger partial charge in [-0.1, -0.05) is 33.8 Å². The van der Waals surface area contributed by atoms with Crippen LogP contribution in [0.25, 0.3) is 33.4 Å². The molecule has 6 bridgehead atoms. The highest BCUT2D eigenvalue weighted by atomic mass is 32.1. The highest BCUT2D eigenvalue weighted by molar-refractivity contribution is 7.10. The molecular weight excluding hydrogens is 799 g/mol.